The minimum Gasteiger partial charge on any atom is -0.486 e. The Kier molecular flexibility index (Phi) is 3.26. The van der Waals surface area contributed by atoms with E-state index in [9.17, 15) is 0 Å². The quantitative estimate of drug-likeness (QED) is 0.928. The van der Waals surface area contributed by atoms with Gasteiger partial charge in [0.05, 0.1) is 4.47 Å². The van der Waals surface area contributed by atoms with Gasteiger partial charge in [0, 0.05) is 17.0 Å². The van der Waals surface area contributed by atoms with Gasteiger partial charge in [-0.3, -0.25) is 0 Å². The molecule has 1 atom stereocenters. The Morgan fingerprint density at radius 1 is 1.32 bits per heavy atom. The molecule has 1 aliphatic carbocycles. The highest BCUT2D eigenvalue weighted by atomic mass is 79.9. The summed E-state index contributed by atoms with van der Waals surface area (Å²) in [5, 5.41) is 0. The molecule has 1 saturated carbocycles. The monoisotopic (exact) mass is 325 g/mol. The maximum Gasteiger partial charge on any atom is 0.175 e. The molecule has 0 saturated heterocycles. The van der Waals surface area contributed by atoms with E-state index in [0.717, 1.165) is 22.4 Å². The molecule has 1 fully saturated rings. The van der Waals surface area contributed by atoms with Gasteiger partial charge in [0.25, 0.3) is 0 Å². The molecule has 2 N–H and O–H groups in total. The number of fused-ring (bicyclic) bond motifs is 1. The zero-order valence-corrected chi connectivity index (χ0v) is 13.0. The molecule has 19 heavy (non-hydrogen) atoms. The van der Waals surface area contributed by atoms with Crippen molar-refractivity contribution in [2.45, 2.75) is 44.6 Å². The lowest BCUT2D eigenvalue weighted by molar-refractivity contribution is 0.168. The number of ether oxygens (including phenoxy) is 2. The molecule has 4 heteroatoms. The molecule has 1 unspecified atom stereocenters. The van der Waals surface area contributed by atoms with Gasteiger partial charge >= 0.3 is 0 Å². The molecular weight excluding hydrogens is 306 g/mol. The van der Waals surface area contributed by atoms with E-state index in [2.05, 4.69) is 35.8 Å². The molecular formula is C15H20BrNO2. The van der Waals surface area contributed by atoms with Crippen LogP contribution in [0.15, 0.2) is 10.5 Å². The first-order valence-electron chi connectivity index (χ1n) is 6.97. The highest BCUT2D eigenvalue weighted by Gasteiger charge is 2.49. The van der Waals surface area contributed by atoms with Crippen LogP contribution in [0.25, 0.3) is 0 Å². The third kappa shape index (κ3) is 1.96. The summed E-state index contributed by atoms with van der Waals surface area (Å²) >= 11 is 3.62. The zero-order valence-electron chi connectivity index (χ0n) is 11.5. The number of halogens is 1. The maximum absolute atomic E-state index is 6.23. The van der Waals surface area contributed by atoms with Crippen LogP contribution in [0.4, 0.5) is 0 Å². The third-order valence-corrected chi connectivity index (χ3v) is 5.01. The molecule has 3 rings (SSSR count). The van der Waals surface area contributed by atoms with E-state index in [1.54, 1.807) is 0 Å². The fourth-order valence-corrected chi connectivity index (χ4v) is 3.65. The zero-order chi connectivity index (χ0) is 13.6. The summed E-state index contributed by atoms with van der Waals surface area (Å²) in [4.78, 5) is 0. The summed E-state index contributed by atoms with van der Waals surface area (Å²) in [6.45, 7) is 5.52. The Morgan fingerprint density at radius 2 is 1.95 bits per heavy atom. The van der Waals surface area contributed by atoms with Crippen molar-refractivity contribution in [1.82, 2.24) is 0 Å². The minimum absolute atomic E-state index is 0.143. The Hall–Kier alpha value is -0.740. The Morgan fingerprint density at radius 3 is 2.47 bits per heavy atom. The molecule has 3 nitrogen and oxygen atoms in total. The standard InChI is InChI=1S/C15H20BrNO2/c1-3-10-11(15(4-5-15)9(2)17)8-12(16)14-13(10)18-6-7-19-14/h8-9H,3-7,17H2,1-2H3. The van der Waals surface area contributed by atoms with Gasteiger partial charge in [-0.15, -0.1) is 0 Å². The average molecular weight is 326 g/mol. The van der Waals surface area contributed by atoms with Crippen LogP contribution in [0.3, 0.4) is 0 Å². The lowest BCUT2D eigenvalue weighted by Gasteiger charge is -2.29. The van der Waals surface area contributed by atoms with Gasteiger partial charge in [-0.2, -0.15) is 0 Å². The van der Waals surface area contributed by atoms with Gasteiger partial charge in [-0.05, 0) is 53.7 Å². The molecule has 0 bridgehead atoms. The predicted octanol–water partition coefficient (Wildman–Crippen LogP) is 3.16. The second-order valence-corrected chi connectivity index (χ2v) is 6.39. The normalized spacial score (nSPS) is 21.1. The Labute approximate surface area is 122 Å². The van der Waals surface area contributed by atoms with Crippen LogP contribution in [-0.2, 0) is 11.8 Å². The first-order chi connectivity index (χ1) is 9.10. The van der Waals surface area contributed by atoms with Crippen molar-refractivity contribution in [3.8, 4) is 11.5 Å². The lowest BCUT2D eigenvalue weighted by Crippen LogP contribution is -2.33. The highest BCUT2D eigenvalue weighted by Crippen LogP contribution is 2.55. The number of benzene rings is 1. The molecule has 0 amide bonds. The van der Waals surface area contributed by atoms with Gasteiger partial charge in [0.2, 0.25) is 0 Å². The van der Waals surface area contributed by atoms with E-state index in [0.29, 0.717) is 13.2 Å². The Balaban J connectivity index is 2.18. The molecule has 1 aromatic rings. The van der Waals surface area contributed by atoms with Crippen molar-refractivity contribution >= 4 is 15.9 Å². The molecule has 1 heterocycles. The number of nitrogens with two attached hydrogens (primary N) is 1. The van der Waals surface area contributed by atoms with Crippen LogP contribution in [0.2, 0.25) is 0 Å². The van der Waals surface area contributed by atoms with Crippen molar-refractivity contribution in [1.29, 1.82) is 0 Å². The molecule has 1 aromatic carbocycles. The number of hydrogen-bond donors (Lipinski definition) is 1. The van der Waals surface area contributed by atoms with Crippen molar-refractivity contribution in [2.75, 3.05) is 13.2 Å². The molecule has 0 radical (unpaired) electrons. The number of rotatable bonds is 3. The van der Waals surface area contributed by atoms with Crippen LogP contribution < -0.4 is 15.2 Å². The van der Waals surface area contributed by atoms with E-state index in [1.165, 1.54) is 24.0 Å². The van der Waals surface area contributed by atoms with E-state index >= 15 is 0 Å². The molecule has 0 spiro atoms. The van der Waals surface area contributed by atoms with Crippen molar-refractivity contribution in [2.24, 2.45) is 5.73 Å². The van der Waals surface area contributed by atoms with Crippen LogP contribution in [0.5, 0.6) is 11.5 Å². The smallest absolute Gasteiger partial charge is 0.175 e. The van der Waals surface area contributed by atoms with Gasteiger partial charge in [0.15, 0.2) is 11.5 Å². The van der Waals surface area contributed by atoms with Crippen molar-refractivity contribution in [3.63, 3.8) is 0 Å². The lowest BCUT2D eigenvalue weighted by atomic mass is 9.84. The highest BCUT2D eigenvalue weighted by molar-refractivity contribution is 9.10. The largest absolute Gasteiger partial charge is 0.486 e. The topological polar surface area (TPSA) is 44.5 Å². The van der Waals surface area contributed by atoms with E-state index < -0.39 is 0 Å². The fraction of sp³-hybridized carbons (Fsp3) is 0.600. The number of hydrogen-bond acceptors (Lipinski definition) is 3. The maximum atomic E-state index is 6.23. The van der Waals surface area contributed by atoms with Crippen molar-refractivity contribution in [3.05, 3.63) is 21.7 Å². The van der Waals surface area contributed by atoms with E-state index in [4.69, 9.17) is 15.2 Å². The third-order valence-electron chi connectivity index (χ3n) is 4.42. The summed E-state index contributed by atoms with van der Waals surface area (Å²) in [7, 11) is 0. The summed E-state index contributed by atoms with van der Waals surface area (Å²) in [6.07, 6.45) is 3.29. The van der Waals surface area contributed by atoms with Gasteiger partial charge in [0.1, 0.15) is 13.2 Å². The summed E-state index contributed by atoms with van der Waals surface area (Å²) < 4.78 is 12.6. The first-order valence-corrected chi connectivity index (χ1v) is 7.76. The second-order valence-electron chi connectivity index (χ2n) is 5.54. The fourth-order valence-electron chi connectivity index (χ4n) is 3.12. The van der Waals surface area contributed by atoms with Crippen LogP contribution in [0.1, 0.15) is 37.8 Å². The Bertz CT molecular complexity index is 509. The van der Waals surface area contributed by atoms with Crippen LogP contribution in [0, 0.1) is 0 Å². The van der Waals surface area contributed by atoms with Gasteiger partial charge < -0.3 is 15.2 Å². The molecule has 0 aromatic heterocycles. The van der Waals surface area contributed by atoms with Crippen molar-refractivity contribution < 1.29 is 9.47 Å². The van der Waals surface area contributed by atoms with E-state index in [1.807, 2.05) is 0 Å². The molecule has 2 aliphatic rings. The average Bonchev–Trinajstić information content (AvgIpc) is 3.20. The van der Waals surface area contributed by atoms with Gasteiger partial charge in [-0.25, -0.2) is 0 Å². The van der Waals surface area contributed by atoms with Gasteiger partial charge in [-0.1, -0.05) is 6.92 Å². The molecule has 104 valence electrons. The predicted molar refractivity (Wildman–Crippen MR) is 79.1 cm³/mol. The first kappa shape index (κ1) is 13.3. The van der Waals surface area contributed by atoms with E-state index in [-0.39, 0.29) is 11.5 Å². The SMILES string of the molecule is CCc1c(C2(C(C)N)CC2)cc(Br)c2c1OCCO2. The van der Waals surface area contributed by atoms with Crippen LogP contribution >= 0.6 is 15.9 Å². The second kappa shape index (κ2) is 4.67. The summed E-state index contributed by atoms with van der Waals surface area (Å²) in [5.74, 6) is 1.78. The molecule has 1 aliphatic heterocycles. The van der Waals surface area contributed by atoms with Crippen LogP contribution in [-0.4, -0.2) is 19.3 Å². The summed E-state index contributed by atoms with van der Waals surface area (Å²) in [5.41, 5.74) is 8.99. The minimum atomic E-state index is 0.143. The summed E-state index contributed by atoms with van der Waals surface area (Å²) in [6, 6.07) is 2.37.